The second-order valence-corrected chi connectivity index (χ2v) is 6.84. The molecule has 1 aliphatic carbocycles. The van der Waals surface area contributed by atoms with E-state index in [1.165, 1.54) is 33.4 Å². The maximum absolute atomic E-state index is 2.29. The lowest BCUT2D eigenvalue weighted by Crippen LogP contribution is -2.28. The van der Waals surface area contributed by atoms with Crippen LogP contribution < -0.4 is 0 Å². The molecule has 0 heteroatoms. The van der Waals surface area contributed by atoms with E-state index < -0.39 is 0 Å². The second-order valence-electron chi connectivity index (χ2n) is 6.84. The predicted octanol–water partition coefficient (Wildman–Crippen LogP) is 6.94. The zero-order chi connectivity index (χ0) is 18.7. The standard InChI is InChI=1S/C27H24/c1-3-5-19-25-23(4-2)24-18-12-13-20-26(24)27(25,21-14-8-6-9-15-21)22-16-10-7-11-17-22/h3-20H,1-2H3. The van der Waals surface area contributed by atoms with Gasteiger partial charge in [-0.3, -0.25) is 0 Å². The molecule has 0 atom stereocenters. The molecule has 0 heterocycles. The van der Waals surface area contributed by atoms with E-state index in [1.54, 1.807) is 0 Å². The fourth-order valence-corrected chi connectivity index (χ4v) is 4.42. The van der Waals surface area contributed by atoms with Crippen molar-refractivity contribution in [2.24, 2.45) is 0 Å². The van der Waals surface area contributed by atoms with Crippen molar-refractivity contribution in [2.75, 3.05) is 0 Å². The second kappa shape index (κ2) is 7.25. The highest BCUT2D eigenvalue weighted by molar-refractivity contribution is 5.94. The van der Waals surface area contributed by atoms with Crippen LogP contribution >= 0.6 is 0 Å². The fourth-order valence-electron chi connectivity index (χ4n) is 4.42. The van der Waals surface area contributed by atoms with Gasteiger partial charge in [0.2, 0.25) is 0 Å². The molecule has 0 unspecified atom stereocenters. The monoisotopic (exact) mass is 348 g/mol. The molecule has 0 amide bonds. The molecule has 0 radical (unpaired) electrons. The third-order valence-electron chi connectivity index (χ3n) is 5.47. The molecule has 4 rings (SSSR count). The van der Waals surface area contributed by atoms with E-state index in [4.69, 9.17) is 0 Å². The molecule has 3 aromatic rings. The highest BCUT2D eigenvalue weighted by atomic mass is 14.5. The Morgan fingerprint density at radius 3 is 1.78 bits per heavy atom. The molecule has 0 bridgehead atoms. The van der Waals surface area contributed by atoms with Gasteiger partial charge < -0.3 is 0 Å². The van der Waals surface area contributed by atoms with Gasteiger partial charge in [-0.15, -0.1) is 0 Å². The molecule has 3 aromatic carbocycles. The van der Waals surface area contributed by atoms with Crippen LogP contribution in [0.1, 0.15) is 36.1 Å². The minimum absolute atomic E-state index is 0.305. The quantitative estimate of drug-likeness (QED) is 0.481. The number of benzene rings is 3. The van der Waals surface area contributed by atoms with Gasteiger partial charge in [0.15, 0.2) is 0 Å². The molecule has 0 saturated carbocycles. The normalized spacial score (nSPS) is 18.3. The first kappa shape index (κ1) is 17.3. The third kappa shape index (κ3) is 2.61. The molecule has 0 nitrogen and oxygen atoms in total. The highest BCUT2D eigenvalue weighted by Crippen LogP contribution is 2.56. The van der Waals surface area contributed by atoms with Gasteiger partial charge in [0.25, 0.3) is 0 Å². The third-order valence-corrected chi connectivity index (χ3v) is 5.47. The van der Waals surface area contributed by atoms with Crippen molar-refractivity contribution in [3.63, 3.8) is 0 Å². The number of rotatable bonds is 3. The van der Waals surface area contributed by atoms with E-state index in [0.717, 1.165) is 0 Å². The van der Waals surface area contributed by atoms with Crippen LogP contribution in [0.5, 0.6) is 0 Å². The van der Waals surface area contributed by atoms with Crippen molar-refractivity contribution in [3.05, 3.63) is 137 Å². The Morgan fingerprint density at radius 1 is 0.667 bits per heavy atom. The molecule has 0 fully saturated rings. The average molecular weight is 348 g/mol. The summed E-state index contributed by atoms with van der Waals surface area (Å²) in [6, 6.07) is 30.6. The zero-order valence-corrected chi connectivity index (χ0v) is 15.9. The van der Waals surface area contributed by atoms with Crippen LogP contribution in [0, 0.1) is 0 Å². The van der Waals surface area contributed by atoms with Crippen molar-refractivity contribution in [2.45, 2.75) is 19.3 Å². The van der Waals surface area contributed by atoms with E-state index >= 15 is 0 Å². The highest BCUT2D eigenvalue weighted by Gasteiger charge is 2.47. The molecule has 0 aromatic heterocycles. The number of hydrogen-bond acceptors (Lipinski definition) is 0. The van der Waals surface area contributed by atoms with Crippen molar-refractivity contribution in [1.82, 2.24) is 0 Å². The van der Waals surface area contributed by atoms with Gasteiger partial charge in [-0.05, 0) is 47.2 Å². The lowest BCUT2D eigenvalue weighted by molar-refractivity contribution is 0.769. The minimum Gasteiger partial charge on any atom is -0.0876 e. The SMILES string of the molecule is CC=CC=C1C(=CC)c2ccccc2C1(c1ccccc1)c1ccccc1. The first-order valence-corrected chi connectivity index (χ1v) is 9.55. The summed E-state index contributed by atoms with van der Waals surface area (Å²) in [5.74, 6) is 0. The van der Waals surface area contributed by atoms with E-state index in [2.05, 4.69) is 123 Å². The molecule has 0 saturated heterocycles. The summed E-state index contributed by atoms with van der Waals surface area (Å²) in [7, 11) is 0. The molecular formula is C27H24. The lowest BCUT2D eigenvalue weighted by atomic mass is 9.67. The Kier molecular flexibility index (Phi) is 4.64. The maximum atomic E-state index is 2.29. The molecule has 0 N–H and O–H groups in total. The van der Waals surface area contributed by atoms with Crippen molar-refractivity contribution in [1.29, 1.82) is 0 Å². The minimum atomic E-state index is -0.305. The summed E-state index contributed by atoms with van der Waals surface area (Å²) in [5.41, 5.74) is 7.63. The summed E-state index contributed by atoms with van der Waals surface area (Å²) in [6.45, 7) is 4.21. The van der Waals surface area contributed by atoms with Gasteiger partial charge in [0.05, 0.1) is 5.41 Å². The van der Waals surface area contributed by atoms with Crippen LogP contribution in [0.15, 0.2) is 115 Å². The molecular weight excluding hydrogens is 324 g/mol. The van der Waals surface area contributed by atoms with E-state index in [9.17, 15) is 0 Å². The topological polar surface area (TPSA) is 0 Å². The summed E-state index contributed by atoms with van der Waals surface area (Å²) in [4.78, 5) is 0. The molecule has 0 aliphatic heterocycles. The Hall–Kier alpha value is -3.12. The smallest absolute Gasteiger partial charge is 0.0713 e. The number of hydrogen-bond donors (Lipinski definition) is 0. The summed E-state index contributed by atoms with van der Waals surface area (Å²) in [5, 5.41) is 0. The Labute approximate surface area is 162 Å². The zero-order valence-electron chi connectivity index (χ0n) is 15.9. The van der Waals surface area contributed by atoms with Gasteiger partial charge in [-0.2, -0.15) is 0 Å². The molecule has 132 valence electrons. The van der Waals surface area contributed by atoms with E-state index in [1.807, 2.05) is 0 Å². The van der Waals surface area contributed by atoms with Gasteiger partial charge in [0.1, 0.15) is 0 Å². The maximum Gasteiger partial charge on any atom is 0.0713 e. The van der Waals surface area contributed by atoms with Crippen molar-refractivity contribution in [3.8, 4) is 0 Å². The van der Waals surface area contributed by atoms with Crippen LogP contribution in [-0.4, -0.2) is 0 Å². The van der Waals surface area contributed by atoms with Crippen LogP contribution in [0.2, 0.25) is 0 Å². The average Bonchev–Trinajstić information content (AvgIpc) is 3.03. The van der Waals surface area contributed by atoms with E-state index in [-0.39, 0.29) is 5.41 Å². The number of fused-ring (bicyclic) bond motifs is 1. The fraction of sp³-hybridized carbons (Fsp3) is 0.111. The molecule has 27 heavy (non-hydrogen) atoms. The van der Waals surface area contributed by atoms with E-state index in [0.29, 0.717) is 0 Å². The van der Waals surface area contributed by atoms with Crippen LogP contribution in [-0.2, 0) is 5.41 Å². The van der Waals surface area contributed by atoms with Gasteiger partial charge >= 0.3 is 0 Å². The van der Waals surface area contributed by atoms with Crippen LogP contribution in [0.4, 0.5) is 0 Å². The molecule has 0 spiro atoms. The summed E-state index contributed by atoms with van der Waals surface area (Å²) < 4.78 is 0. The summed E-state index contributed by atoms with van der Waals surface area (Å²) in [6.07, 6.45) is 8.80. The lowest BCUT2D eigenvalue weighted by Gasteiger charge is -2.34. The Morgan fingerprint density at radius 2 is 1.22 bits per heavy atom. The van der Waals surface area contributed by atoms with Gasteiger partial charge in [-0.1, -0.05) is 109 Å². The largest absolute Gasteiger partial charge is 0.0876 e. The van der Waals surface area contributed by atoms with Crippen LogP contribution in [0.25, 0.3) is 5.57 Å². The predicted molar refractivity (Wildman–Crippen MR) is 116 cm³/mol. The van der Waals surface area contributed by atoms with Gasteiger partial charge in [0, 0.05) is 0 Å². The Balaban J connectivity index is 2.19. The first-order chi connectivity index (χ1) is 13.3. The van der Waals surface area contributed by atoms with Crippen molar-refractivity contribution >= 4 is 5.57 Å². The number of allylic oxidation sites excluding steroid dienone is 6. The van der Waals surface area contributed by atoms with Gasteiger partial charge in [-0.25, -0.2) is 0 Å². The Bertz CT molecular complexity index is 978. The first-order valence-electron chi connectivity index (χ1n) is 9.55. The molecule has 1 aliphatic rings. The summed E-state index contributed by atoms with van der Waals surface area (Å²) >= 11 is 0. The van der Waals surface area contributed by atoms with Crippen molar-refractivity contribution < 1.29 is 0 Å². The van der Waals surface area contributed by atoms with Crippen LogP contribution in [0.3, 0.4) is 0 Å².